The van der Waals surface area contributed by atoms with Crippen molar-refractivity contribution in [2.24, 2.45) is 0 Å². The van der Waals surface area contributed by atoms with Gasteiger partial charge in [-0.25, -0.2) is 23.1 Å². The van der Waals surface area contributed by atoms with Crippen molar-refractivity contribution in [3.05, 3.63) is 11.9 Å². The molecule has 0 spiro atoms. The van der Waals surface area contributed by atoms with Crippen LogP contribution in [0.25, 0.3) is 0 Å². The summed E-state index contributed by atoms with van der Waals surface area (Å²) in [5.74, 6) is 1.58. The number of rotatable bonds is 7. The van der Waals surface area contributed by atoms with E-state index in [2.05, 4.69) is 20.0 Å². The summed E-state index contributed by atoms with van der Waals surface area (Å²) in [5, 5.41) is 2.92. The van der Waals surface area contributed by atoms with Crippen molar-refractivity contribution in [3.63, 3.8) is 0 Å². The number of sulfonamides is 1. The van der Waals surface area contributed by atoms with E-state index in [1.807, 2.05) is 6.92 Å². The lowest BCUT2D eigenvalue weighted by Crippen LogP contribution is -2.26. The maximum atomic E-state index is 11.2. The Bertz CT molecular complexity index is 489. The Morgan fingerprint density at radius 3 is 2.72 bits per heavy atom. The van der Waals surface area contributed by atoms with Crippen molar-refractivity contribution in [2.45, 2.75) is 19.8 Å². The largest absolute Gasteiger partial charge is 0.384 e. The quantitative estimate of drug-likeness (QED) is 0.643. The highest BCUT2D eigenvalue weighted by Gasteiger charge is 2.07. The van der Waals surface area contributed by atoms with E-state index in [1.54, 1.807) is 6.07 Å². The predicted octanol–water partition coefficient (Wildman–Crippen LogP) is -0.0276. The van der Waals surface area contributed by atoms with E-state index in [1.165, 1.54) is 7.05 Å². The second-order valence-electron chi connectivity index (χ2n) is 3.79. The Morgan fingerprint density at radius 2 is 2.11 bits per heavy atom. The van der Waals surface area contributed by atoms with Crippen LogP contribution in [0.15, 0.2) is 6.07 Å². The molecule has 0 saturated heterocycles. The highest BCUT2D eigenvalue weighted by molar-refractivity contribution is 7.89. The van der Waals surface area contributed by atoms with Crippen molar-refractivity contribution in [3.8, 4) is 0 Å². The number of anilines is 2. The predicted molar refractivity (Wildman–Crippen MR) is 71.8 cm³/mol. The zero-order valence-corrected chi connectivity index (χ0v) is 11.4. The third-order valence-corrected chi connectivity index (χ3v) is 3.62. The Labute approximate surface area is 107 Å². The van der Waals surface area contributed by atoms with E-state index in [0.717, 1.165) is 12.8 Å². The van der Waals surface area contributed by atoms with Gasteiger partial charge in [-0.1, -0.05) is 6.92 Å². The van der Waals surface area contributed by atoms with Crippen LogP contribution in [0.2, 0.25) is 0 Å². The molecule has 1 aromatic rings. The van der Waals surface area contributed by atoms with Crippen LogP contribution in [0.3, 0.4) is 0 Å². The van der Waals surface area contributed by atoms with Crippen molar-refractivity contribution < 1.29 is 8.42 Å². The van der Waals surface area contributed by atoms with Crippen molar-refractivity contribution in [2.75, 3.05) is 30.4 Å². The second kappa shape index (κ2) is 6.50. The van der Waals surface area contributed by atoms with Gasteiger partial charge in [0.2, 0.25) is 10.0 Å². The number of aryl methyl sites for hydroxylation is 1. The Hall–Kier alpha value is -1.41. The molecule has 1 rings (SSSR count). The smallest absolute Gasteiger partial charge is 0.213 e. The van der Waals surface area contributed by atoms with Gasteiger partial charge in [-0.2, -0.15) is 0 Å². The minimum Gasteiger partial charge on any atom is -0.384 e. The Morgan fingerprint density at radius 1 is 1.39 bits per heavy atom. The van der Waals surface area contributed by atoms with Crippen LogP contribution >= 0.6 is 0 Å². The van der Waals surface area contributed by atoms with E-state index >= 15 is 0 Å². The molecule has 0 aromatic carbocycles. The van der Waals surface area contributed by atoms with Gasteiger partial charge in [-0.15, -0.1) is 0 Å². The van der Waals surface area contributed by atoms with Gasteiger partial charge in [0.05, 0.1) is 5.75 Å². The number of hydrogen-bond acceptors (Lipinski definition) is 6. The zero-order chi connectivity index (χ0) is 13.6. The van der Waals surface area contributed by atoms with Gasteiger partial charge in [0, 0.05) is 19.0 Å². The molecular weight excluding hydrogens is 254 g/mol. The molecule has 8 heteroatoms. The Balaban J connectivity index is 2.62. The minimum absolute atomic E-state index is 0.0173. The van der Waals surface area contributed by atoms with E-state index in [9.17, 15) is 8.42 Å². The normalized spacial score (nSPS) is 11.4. The molecule has 0 bridgehead atoms. The lowest BCUT2D eigenvalue weighted by atomic mass is 10.3. The lowest BCUT2D eigenvalue weighted by Gasteiger charge is -2.08. The second-order valence-corrected chi connectivity index (χ2v) is 5.84. The van der Waals surface area contributed by atoms with Gasteiger partial charge < -0.3 is 11.1 Å². The molecule has 0 aliphatic rings. The van der Waals surface area contributed by atoms with E-state index < -0.39 is 10.0 Å². The number of nitrogens with one attached hydrogen (secondary N) is 2. The average Bonchev–Trinajstić information content (AvgIpc) is 2.28. The van der Waals surface area contributed by atoms with Crippen LogP contribution in [0.4, 0.5) is 11.6 Å². The van der Waals surface area contributed by atoms with Crippen LogP contribution in [-0.4, -0.2) is 37.7 Å². The highest BCUT2D eigenvalue weighted by Crippen LogP contribution is 2.09. The standard InChI is InChI=1S/C10H19N5O2S/c1-3-4-9-14-8(11)7-10(15-9)13-5-6-18(16,17)12-2/h7,12H,3-6H2,1-2H3,(H3,11,13,14,15). The molecule has 0 aliphatic heterocycles. The summed E-state index contributed by atoms with van der Waals surface area (Å²) in [6.07, 6.45) is 1.67. The van der Waals surface area contributed by atoms with Gasteiger partial charge >= 0.3 is 0 Å². The molecule has 4 N–H and O–H groups in total. The topological polar surface area (TPSA) is 110 Å². The first-order valence-electron chi connectivity index (χ1n) is 5.75. The van der Waals surface area contributed by atoms with Crippen LogP contribution in [-0.2, 0) is 16.4 Å². The first-order valence-corrected chi connectivity index (χ1v) is 7.40. The molecule has 18 heavy (non-hydrogen) atoms. The maximum absolute atomic E-state index is 11.2. The van der Waals surface area contributed by atoms with Gasteiger partial charge in [0.1, 0.15) is 17.5 Å². The van der Waals surface area contributed by atoms with Gasteiger partial charge in [0.25, 0.3) is 0 Å². The molecule has 0 aliphatic carbocycles. The number of nitrogen functional groups attached to an aromatic ring is 1. The van der Waals surface area contributed by atoms with E-state index in [0.29, 0.717) is 17.5 Å². The summed E-state index contributed by atoms with van der Waals surface area (Å²) < 4.78 is 24.7. The molecule has 1 heterocycles. The first-order chi connectivity index (χ1) is 8.46. The third-order valence-electron chi connectivity index (χ3n) is 2.25. The monoisotopic (exact) mass is 273 g/mol. The summed E-state index contributed by atoms with van der Waals surface area (Å²) in [4.78, 5) is 8.34. The molecule has 102 valence electrons. The van der Waals surface area contributed by atoms with Crippen LogP contribution in [0.1, 0.15) is 19.2 Å². The first kappa shape index (κ1) is 14.7. The molecule has 0 unspecified atom stereocenters. The summed E-state index contributed by atoms with van der Waals surface area (Å²) in [5.41, 5.74) is 5.65. The van der Waals surface area contributed by atoms with Gasteiger partial charge in [-0.3, -0.25) is 0 Å². The fourth-order valence-corrected chi connectivity index (χ4v) is 1.93. The number of aromatic nitrogens is 2. The molecule has 1 aromatic heterocycles. The van der Waals surface area contributed by atoms with Crippen LogP contribution < -0.4 is 15.8 Å². The summed E-state index contributed by atoms with van der Waals surface area (Å²) >= 11 is 0. The van der Waals surface area contributed by atoms with E-state index in [-0.39, 0.29) is 12.3 Å². The number of nitrogens with two attached hydrogens (primary N) is 1. The molecule has 0 atom stereocenters. The van der Waals surface area contributed by atoms with Crippen molar-refractivity contribution in [1.82, 2.24) is 14.7 Å². The molecule has 0 radical (unpaired) electrons. The minimum atomic E-state index is -3.21. The lowest BCUT2D eigenvalue weighted by molar-refractivity contribution is 0.588. The SMILES string of the molecule is CCCc1nc(N)cc(NCCS(=O)(=O)NC)n1. The molecule has 0 fully saturated rings. The molecular formula is C10H19N5O2S. The fourth-order valence-electron chi connectivity index (χ4n) is 1.36. The van der Waals surface area contributed by atoms with Crippen LogP contribution in [0.5, 0.6) is 0 Å². The fraction of sp³-hybridized carbons (Fsp3) is 0.600. The molecule has 7 nitrogen and oxygen atoms in total. The third kappa shape index (κ3) is 4.84. The summed E-state index contributed by atoms with van der Waals surface area (Å²) in [7, 11) is -1.82. The average molecular weight is 273 g/mol. The summed E-state index contributed by atoms with van der Waals surface area (Å²) in [6.45, 7) is 2.30. The number of hydrogen-bond donors (Lipinski definition) is 3. The maximum Gasteiger partial charge on any atom is 0.213 e. The van der Waals surface area contributed by atoms with Gasteiger partial charge in [0.15, 0.2) is 0 Å². The van der Waals surface area contributed by atoms with Crippen molar-refractivity contribution >= 4 is 21.7 Å². The Kier molecular flexibility index (Phi) is 5.29. The van der Waals surface area contributed by atoms with Gasteiger partial charge in [-0.05, 0) is 13.5 Å². The van der Waals surface area contributed by atoms with Crippen LogP contribution in [0, 0.1) is 0 Å². The number of nitrogens with zero attached hydrogens (tertiary/aromatic N) is 2. The highest BCUT2D eigenvalue weighted by atomic mass is 32.2. The van der Waals surface area contributed by atoms with Crippen molar-refractivity contribution in [1.29, 1.82) is 0 Å². The molecule has 0 amide bonds. The molecule has 0 saturated carbocycles. The summed E-state index contributed by atoms with van der Waals surface area (Å²) in [6, 6.07) is 1.59. The van der Waals surface area contributed by atoms with E-state index in [4.69, 9.17) is 5.73 Å². The zero-order valence-electron chi connectivity index (χ0n) is 10.6.